The Morgan fingerprint density at radius 1 is 1.23 bits per heavy atom. The number of carbonyl (C=O) groups excluding carboxylic acids is 1. The van der Waals surface area contributed by atoms with E-state index in [0.29, 0.717) is 10.8 Å². The number of benzene rings is 2. The van der Waals surface area contributed by atoms with E-state index in [1.165, 1.54) is 25.3 Å². The first-order chi connectivity index (χ1) is 12.3. The van der Waals surface area contributed by atoms with Crippen molar-refractivity contribution in [2.75, 3.05) is 12.4 Å². The molecule has 8 heteroatoms. The van der Waals surface area contributed by atoms with Crippen molar-refractivity contribution in [1.82, 2.24) is 5.32 Å². The maximum absolute atomic E-state index is 12.5. The number of nitrogens with one attached hydrogen (secondary N) is 2. The fraction of sp³-hybridized carbons (Fsp3) is 0.278. The summed E-state index contributed by atoms with van der Waals surface area (Å²) in [5.41, 5.74) is 0.985. The van der Waals surface area contributed by atoms with Crippen LogP contribution in [-0.2, 0) is 4.79 Å². The predicted molar refractivity (Wildman–Crippen MR) is 101 cm³/mol. The van der Waals surface area contributed by atoms with Crippen molar-refractivity contribution >= 4 is 28.9 Å². The lowest BCUT2D eigenvalue weighted by molar-refractivity contribution is -0.384. The highest BCUT2D eigenvalue weighted by molar-refractivity contribution is 6.31. The van der Waals surface area contributed by atoms with Crippen LogP contribution in [0.1, 0.15) is 25.5 Å². The van der Waals surface area contributed by atoms with Crippen molar-refractivity contribution in [3.8, 4) is 5.75 Å². The number of non-ortho nitro benzene ring substituents is 1. The van der Waals surface area contributed by atoms with Crippen LogP contribution < -0.4 is 15.4 Å². The number of carbonyl (C=O) groups is 1. The molecule has 0 spiro atoms. The first-order valence-corrected chi connectivity index (χ1v) is 8.35. The maximum Gasteiger partial charge on any atom is 0.271 e. The number of hydrogen-bond donors (Lipinski definition) is 2. The van der Waals surface area contributed by atoms with Gasteiger partial charge in [0.05, 0.1) is 23.8 Å². The Morgan fingerprint density at radius 2 is 1.92 bits per heavy atom. The molecule has 2 atom stereocenters. The van der Waals surface area contributed by atoms with Gasteiger partial charge in [0.2, 0.25) is 5.91 Å². The Kier molecular flexibility index (Phi) is 6.54. The zero-order valence-electron chi connectivity index (χ0n) is 14.7. The van der Waals surface area contributed by atoms with Crippen LogP contribution in [0.25, 0.3) is 0 Å². The van der Waals surface area contributed by atoms with E-state index in [9.17, 15) is 14.9 Å². The van der Waals surface area contributed by atoms with Gasteiger partial charge in [0.15, 0.2) is 0 Å². The second-order valence-electron chi connectivity index (χ2n) is 5.76. The fourth-order valence-electron chi connectivity index (χ4n) is 2.51. The number of ether oxygens (including phenoxy) is 1. The van der Waals surface area contributed by atoms with Crippen LogP contribution in [-0.4, -0.2) is 24.0 Å². The van der Waals surface area contributed by atoms with Crippen LogP contribution in [0.3, 0.4) is 0 Å². The first-order valence-electron chi connectivity index (χ1n) is 7.97. The standard InChI is InChI=1S/C18H20ClN3O4/c1-11(14-6-4-5-7-15(14)19)20-12(2)18(23)21-16-10-13(22(24)25)8-9-17(16)26-3/h4-12,20H,1-3H3,(H,21,23)/t11-,12+/m1/s1. The molecule has 1 amide bonds. The number of halogens is 1. The molecule has 0 aliphatic rings. The minimum absolute atomic E-state index is 0.133. The third kappa shape index (κ3) is 4.71. The zero-order chi connectivity index (χ0) is 19.3. The molecule has 0 aliphatic carbocycles. The Hall–Kier alpha value is -2.64. The Labute approximate surface area is 156 Å². The summed E-state index contributed by atoms with van der Waals surface area (Å²) in [7, 11) is 1.43. The van der Waals surface area contributed by atoms with Gasteiger partial charge in [0.25, 0.3) is 5.69 Å². The van der Waals surface area contributed by atoms with Gasteiger partial charge in [-0.1, -0.05) is 29.8 Å². The molecule has 2 aromatic carbocycles. The van der Waals surface area contributed by atoms with Crippen molar-refractivity contribution in [3.05, 3.63) is 63.2 Å². The van der Waals surface area contributed by atoms with E-state index >= 15 is 0 Å². The number of hydrogen-bond acceptors (Lipinski definition) is 5. The average Bonchev–Trinajstić information content (AvgIpc) is 2.61. The van der Waals surface area contributed by atoms with E-state index in [1.807, 2.05) is 25.1 Å². The molecule has 0 radical (unpaired) electrons. The molecule has 0 saturated heterocycles. The molecular formula is C18H20ClN3O4. The van der Waals surface area contributed by atoms with E-state index < -0.39 is 11.0 Å². The number of rotatable bonds is 7. The van der Waals surface area contributed by atoms with Crippen molar-refractivity contribution in [1.29, 1.82) is 0 Å². The summed E-state index contributed by atoms with van der Waals surface area (Å²) >= 11 is 6.18. The van der Waals surface area contributed by atoms with E-state index in [-0.39, 0.29) is 23.3 Å². The van der Waals surface area contributed by atoms with E-state index in [1.54, 1.807) is 13.0 Å². The van der Waals surface area contributed by atoms with Crippen LogP contribution in [0, 0.1) is 10.1 Å². The van der Waals surface area contributed by atoms with Crippen LogP contribution in [0.5, 0.6) is 5.75 Å². The maximum atomic E-state index is 12.5. The highest BCUT2D eigenvalue weighted by atomic mass is 35.5. The van der Waals surface area contributed by atoms with Gasteiger partial charge in [0.1, 0.15) is 5.75 Å². The van der Waals surface area contributed by atoms with Crippen molar-refractivity contribution in [3.63, 3.8) is 0 Å². The molecule has 2 rings (SSSR count). The molecule has 138 valence electrons. The Bertz CT molecular complexity index is 813. The molecule has 0 fully saturated rings. The van der Waals surface area contributed by atoms with Crippen LogP contribution >= 0.6 is 11.6 Å². The smallest absolute Gasteiger partial charge is 0.271 e. The largest absolute Gasteiger partial charge is 0.495 e. The van der Waals surface area contributed by atoms with E-state index in [2.05, 4.69) is 10.6 Å². The minimum Gasteiger partial charge on any atom is -0.495 e. The second kappa shape index (κ2) is 8.64. The van der Waals surface area contributed by atoms with Gasteiger partial charge in [0, 0.05) is 23.2 Å². The lowest BCUT2D eigenvalue weighted by Crippen LogP contribution is -2.39. The van der Waals surface area contributed by atoms with Crippen LogP contribution in [0.2, 0.25) is 5.02 Å². The number of nitrogens with zero attached hydrogens (tertiary/aromatic N) is 1. The lowest BCUT2D eigenvalue weighted by Gasteiger charge is -2.21. The normalized spacial score (nSPS) is 12.9. The number of nitro benzene ring substituents is 1. The van der Waals surface area contributed by atoms with Crippen LogP contribution in [0.15, 0.2) is 42.5 Å². The quantitative estimate of drug-likeness (QED) is 0.563. The number of methoxy groups -OCH3 is 1. The average molecular weight is 378 g/mol. The highest BCUT2D eigenvalue weighted by Gasteiger charge is 2.20. The van der Waals surface area contributed by atoms with Gasteiger partial charge in [-0.3, -0.25) is 20.2 Å². The van der Waals surface area contributed by atoms with Gasteiger partial charge < -0.3 is 10.1 Å². The number of amides is 1. The third-order valence-corrected chi connectivity index (χ3v) is 4.26. The second-order valence-corrected chi connectivity index (χ2v) is 6.17. The predicted octanol–water partition coefficient (Wildman–Crippen LogP) is 3.93. The van der Waals surface area contributed by atoms with Gasteiger partial charge in [-0.25, -0.2) is 0 Å². The minimum atomic E-state index is -0.565. The lowest BCUT2D eigenvalue weighted by atomic mass is 10.1. The van der Waals surface area contributed by atoms with Gasteiger partial charge >= 0.3 is 0 Å². The van der Waals surface area contributed by atoms with Gasteiger partial charge in [-0.05, 0) is 31.5 Å². The fourth-order valence-corrected chi connectivity index (χ4v) is 2.81. The molecule has 0 bridgehead atoms. The Morgan fingerprint density at radius 3 is 2.54 bits per heavy atom. The molecule has 0 aromatic heterocycles. The zero-order valence-corrected chi connectivity index (χ0v) is 15.4. The molecule has 0 unspecified atom stereocenters. The highest BCUT2D eigenvalue weighted by Crippen LogP contribution is 2.29. The molecule has 7 nitrogen and oxygen atoms in total. The molecule has 26 heavy (non-hydrogen) atoms. The summed E-state index contributed by atoms with van der Waals surface area (Å²) < 4.78 is 5.15. The topological polar surface area (TPSA) is 93.5 Å². The van der Waals surface area contributed by atoms with E-state index in [0.717, 1.165) is 5.56 Å². The SMILES string of the molecule is COc1ccc([N+](=O)[O-])cc1NC(=O)[C@H](C)N[C@H](C)c1ccccc1Cl. The van der Waals surface area contributed by atoms with Crippen molar-refractivity contribution in [2.45, 2.75) is 25.9 Å². The summed E-state index contributed by atoms with van der Waals surface area (Å²) in [4.78, 5) is 22.9. The summed E-state index contributed by atoms with van der Waals surface area (Å²) in [5, 5.41) is 17.4. The van der Waals surface area contributed by atoms with Crippen molar-refractivity contribution < 1.29 is 14.5 Å². The number of nitro groups is 1. The first kappa shape index (κ1) is 19.7. The van der Waals surface area contributed by atoms with E-state index in [4.69, 9.17) is 16.3 Å². The third-order valence-electron chi connectivity index (χ3n) is 3.92. The summed E-state index contributed by atoms with van der Waals surface area (Å²) in [5.74, 6) is -0.00185. The molecule has 0 heterocycles. The summed E-state index contributed by atoms with van der Waals surface area (Å²) in [6.07, 6.45) is 0. The summed E-state index contributed by atoms with van der Waals surface area (Å²) in [6.45, 7) is 3.60. The summed E-state index contributed by atoms with van der Waals surface area (Å²) in [6, 6.07) is 10.7. The Balaban J connectivity index is 2.10. The molecule has 2 N–H and O–H groups in total. The van der Waals surface area contributed by atoms with Crippen molar-refractivity contribution in [2.24, 2.45) is 0 Å². The molecule has 2 aromatic rings. The molecule has 0 saturated carbocycles. The molecule has 0 aliphatic heterocycles. The van der Waals surface area contributed by atoms with Gasteiger partial charge in [-0.15, -0.1) is 0 Å². The van der Waals surface area contributed by atoms with Crippen LogP contribution in [0.4, 0.5) is 11.4 Å². The van der Waals surface area contributed by atoms with Gasteiger partial charge in [-0.2, -0.15) is 0 Å². The molecular weight excluding hydrogens is 358 g/mol. The monoisotopic (exact) mass is 377 g/mol. The number of anilines is 1.